The van der Waals surface area contributed by atoms with Gasteiger partial charge in [-0.3, -0.25) is 14.4 Å². The first kappa shape index (κ1) is 28.6. The maximum Gasteiger partial charge on any atom is 0.219 e. The molecule has 2 saturated heterocycles. The number of piperidine rings is 2. The third-order valence-electron chi connectivity index (χ3n) is 9.19. The van der Waals surface area contributed by atoms with Crippen molar-refractivity contribution in [3.8, 4) is 5.88 Å². The highest BCUT2D eigenvalue weighted by atomic mass is 35.5. The molecule has 2 aromatic carbocycles. The van der Waals surface area contributed by atoms with Crippen LogP contribution < -0.4 is 4.74 Å². The lowest BCUT2D eigenvalue weighted by molar-refractivity contribution is -0.131. The van der Waals surface area contributed by atoms with Crippen LogP contribution in [-0.4, -0.2) is 68.9 Å². The van der Waals surface area contributed by atoms with Crippen molar-refractivity contribution in [3.63, 3.8) is 0 Å². The molecule has 4 heterocycles. The Hall–Kier alpha value is -3.46. The van der Waals surface area contributed by atoms with Gasteiger partial charge in [0.25, 0.3) is 0 Å². The quantitative estimate of drug-likeness (QED) is 0.311. The molecular formula is C33H38ClN5O3. The average molecular weight is 588 g/mol. The predicted molar refractivity (Wildman–Crippen MR) is 163 cm³/mol. The van der Waals surface area contributed by atoms with Gasteiger partial charge in [0.15, 0.2) is 0 Å². The number of carbonyl (C=O) groups is 1. The third-order valence-corrected chi connectivity index (χ3v) is 9.63. The molecule has 0 spiro atoms. The highest BCUT2D eigenvalue weighted by Gasteiger charge is 2.42. The second kappa shape index (κ2) is 12.0. The van der Waals surface area contributed by atoms with Gasteiger partial charge in [-0.1, -0.05) is 48.0 Å². The van der Waals surface area contributed by atoms with Crippen molar-refractivity contribution >= 4 is 28.4 Å². The number of hydrogen-bond donors (Lipinski definition) is 1. The molecule has 1 N–H and O–H groups in total. The number of rotatable bonds is 7. The number of nitrogens with zero attached hydrogens (tertiary/aromatic N) is 5. The van der Waals surface area contributed by atoms with Gasteiger partial charge in [0, 0.05) is 63.0 Å². The average Bonchev–Trinajstić information content (AvgIpc) is 3.58. The molecule has 9 heteroatoms. The van der Waals surface area contributed by atoms with Crippen molar-refractivity contribution in [2.45, 2.75) is 50.8 Å². The number of fused-ring (bicyclic) bond motifs is 1. The number of ether oxygens (including phenoxy) is 1. The fourth-order valence-corrected chi connectivity index (χ4v) is 7.08. The van der Waals surface area contributed by atoms with Crippen LogP contribution in [0, 0.1) is 5.92 Å². The van der Waals surface area contributed by atoms with E-state index < -0.39 is 5.60 Å². The lowest BCUT2D eigenvalue weighted by atomic mass is 9.72. The van der Waals surface area contributed by atoms with Gasteiger partial charge >= 0.3 is 0 Å². The van der Waals surface area contributed by atoms with E-state index in [0.29, 0.717) is 49.4 Å². The van der Waals surface area contributed by atoms with E-state index in [9.17, 15) is 9.90 Å². The van der Waals surface area contributed by atoms with Crippen LogP contribution in [0.25, 0.3) is 10.9 Å². The van der Waals surface area contributed by atoms with Crippen molar-refractivity contribution in [1.29, 1.82) is 0 Å². The van der Waals surface area contributed by atoms with Gasteiger partial charge in [-0.25, -0.2) is 4.98 Å². The van der Waals surface area contributed by atoms with Crippen molar-refractivity contribution in [3.05, 3.63) is 88.7 Å². The fourth-order valence-electron chi connectivity index (χ4n) is 6.79. The Balaban J connectivity index is 1.33. The van der Waals surface area contributed by atoms with Crippen LogP contribution in [0.15, 0.2) is 67.0 Å². The molecule has 220 valence electrons. The molecule has 2 aliphatic heterocycles. The maximum atomic E-state index is 12.6. The Kier molecular flexibility index (Phi) is 8.21. The van der Waals surface area contributed by atoms with E-state index >= 15 is 0 Å². The number of carbonyl (C=O) groups excluding carboxylic acids is 1. The summed E-state index contributed by atoms with van der Waals surface area (Å²) in [7, 11) is 1.63. The molecular weight excluding hydrogens is 550 g/mol. The summed E-state index contributed by atoms with van der Waals surface area (Å²) in [5.41, 5.74) is 1.96. The predicted octanol–water partition coefficient (Wildman–Crippen LogP) is 5.42. The van der Waals surface area contributed by atoms with Crippen molar-refractivity contribution in [2.24, 2.45) is 5.92 Å². The van der Waals surface area contributed by atoms with Crippen molar-refractivity contribution in [2.75, 3.05) is 33.3 Å². The molecule has 0 saturated carbocycles. The number of likely N-dealkylation sites (tertiary alicyclic amines) is 2. The van der Waals surface area contributed by atoms with Crippen molar-refractivity contribution in [1.82, 2.24) is 24.6 Å². The Morgan fingerprint density at radius 2 is 1.76 bits per heavy atom. The van der Waals surface area contributed by atoms with E-state index in [-0.39, 0.29) is 11.8 Å². The molecule has 8 nitrogen and oxygen atoms in total. The number of benzene rings is 2. The minimum absolute atomic E-state index is 0.0616. The zero-order valence-electron chi connectivity index (χ0n) is 24.2. The van der Waals surface area contributed by atoms with E-state index in [1.807, 2.05) is 71.9 Å². The summed E-state index contributed by atoms with van der Waals surface area (Å²) in [5.74, 6) is 0.546. The van der Waals surface area contributed by atoms with Gasteiger partial charge in [0.2, 0.25) is 11.8 Å². The molecule has 42 heavy (non-hydrogen) atoms. The largest absolute Gasteiger partial charge is 0.481 e. The Morgan fingerprint density at radius 1 is 1.02 bits per heavy atom. The van der Waals surface area contributed by atoms with Crippen LogP contribution in [0.1, 0.15) is 55.3 Å². The fraction of sp³-hybridized carbons (Fsp3) is 0.424. The minimum Gasteiger partial charge on any atom is -0.481 e. The molecule has 4 aromatic rings. The van der Waals surface area contributed by atoms with Gasteiger partial charge in [-0.05, 0) is 60.9 Å². The number of pyridine rings is 1. The smallest absolute Gasteiger partial charge is 0.219 e. The van der Waals surface area contributed by atoms with Gasteiger partial charge in [-0.15, -0.1) is 0 Å². The third kappa shape index (κ3) is 5.39. The van der Waals surface area contributed by atoms with Crippen molar-refractivity contribution < 1.29 is 14.6 Å². The monoisotopic (exact) mass is 587 g/mol. The SMILES string of the molecule is COc1nc2ccc(C(O)(c3ccccc3)C3CCN(C(C)=O)CC3)cc2c(Cl)c1CN1CCC(n2cccn2)CC1. The van der Waals surface area contributed by atoms with Gasteiger partial charge in [0.05, 0.1) is 23.7 Å². The molecule has 1 atom stereocenters. The summed E-state index contributed by atoms with van der Waals surface area (Å²) < 4.78 is 7.79. The van der Waals surface area contributed by atoms with Gasteiger partial charge in [-0.2, -0.15) is 5.10 Å². The summed E-state index contributed by atoms with van der Waals surface area (Å²) in [5, 5.41) is 18.4. The first-order valence-electron chi connectivity index (χ1n) is 14.8. The zero-order chi connectivity index (χ0) is 29.3. The van der Waals surface area contributed by atoms with Crippen LogP contribution >= 0.6 is 11.6 Å². The van der Waals surface area contributed by atoms with E-state index in [2.05, 4.69) is 14.7 Å². The Morgan fingerprint density at radius 3 is 2.40 bits per heavy atom. The maximum absolute atomic E-state index is 12.6. The summed E-state index contributed by atoms with van der Waals surface area (Å²) >= 11 is 7.18. The van der Waals surface area contributed by atoms with Gasteiger partial charge in [0.1, 0.15) is 5.60 Å². The second-order valence-electron chi connectivity index (χ2n) is 11.6. The van der Waals surface area contributed by atoms with Crippen LogP contribution in [0.4, 0.5) is 0 Å². The molecule has 0 bridgehead atoms. The highest BCUT2D eigenvalue weighted by Crippen LogP contribution is 2.44. The molecule has 1 unspecified atom stereocenters. The summed E-state index contributed by atoms with van der Waals surface area (Å²) in [6.07, 6.45) is 7.31. The standard InChI is InChI=1S/C33H38ClN5O3/c1-23(40)38-19-11-25(12-20-38)33(41,24-7-4-3-5-8-24)26-9-10-30-28(21-26)31(34)29(32(36-30)42-2)22-37-17-13-27(14-18-37)39-16-6-15-35-39/h3-10,15-16,21,25,27,41H,11-14,17-20,22H2,1-2H3. The highest BCUT2D eigenvalue weighted by molar-refractivity contribution is 6.36. The summed E-state index contributed by atoms with van der Waals surface area (Å²) in [4.78, 5) is 21.1. The molecule has 2 aromatic heterocycles. The molecule has 0 aliphatic carbocycles. The first-order chi connectivity index (χ1) is 20.4. The molecule has 2 fully saturated rings. The van der Waals surface area contributed by atoms with E-state index in [1.54, 1.807) is 14.0 Å². The lowest BCUT2D eigenvalue weighted by Crippen LogP contribution is -2.45. The summed E-state index contributed by atoms with van der Waals surface area (Å²) in [6.45, 7) is 5.35. The number of methoxy groups -OCH3 is 1. The zero-order valence-corrected chi connectivity index (χ0v) is 25.0. The number of halogens is 1. The topological polar surface area (TPSA) is 83.7 Å². The van der Waals surface area contributed by atoms with E-state index in [4.69, 9.17) is 21.3 Å². The molecule has 2 aliphatic rings. The van der Waals surface area contributed by atoms with Crippen LogP contribution in [0.5, 0.6) is 5.88 Å². The minimum atomic E-state index is -1.24. The molecule has 1 amide bonds. The lowest BCUT2D eigenvalue weighted by Gasteiger charge is -2.42. The number of aromatic nitrogens is 3. The van der Waals surface area contributed by atoms with Gasteiger partial charge < -0.3 is 14.7 Å². The van der Waals surface area contributed by atoms with E-state index in [0.717, 1.165) is 53.5 Å². The molecule has 0 radical (unpaired) electrons. The normalized spacial score (nSPS) is 18.7. The van der Waals surface area contributed by atoms with Crippen LogP contribution in [-0.2, 0) is 16.9 Å². The number of aliphatic hydroxyl groups is 1. The number of amides is 1. The first-order valence-corrected chi connectivity index (χ1v) is 15.2. The second-order valence-corrected chi connectivity index (χ2v) is 11.9. The Labute approximate surface area is 251 Å². The van der Waals surface area contributed by atoms with Crippen LogP contribution in [0.3, 0.4) is 0 Å². The van der Waals surface area contributed by atoms with E-state index in [1.165, 1.54) is 0 Å². The van der Waals surface area contributed by atoms with Crippen LogP contribution in [0.2, 0.25) is 5.02 Å². The Bertz CT molecular complexity index is 1530. The number of hydrogen-bond acceptors (Lipinski definition) is 6. The molecule has 6 rings (SSSR count). The summed E-state index contributed by atoms with van der Waals surface area (Å²) in [6, 6.07) is 18.1.